The van der Waals surface area contributed by atoms with Crippen LogP contribution in [-0.4, -0.2) is 74.3 Å². The van der Waals surface area contributed by atoms with Crippen LogP contribution < -0.4 is 19.7 Å². The van der Waals surface area contributed by atoms with Crippen LogP contribution in [0.1, 0.15) is 25.5 Å². The summed E-state index contributed by atoms with van der Waals surface area (Å²) >= 11 is 0. The summed E-state index contributed by atoms with van der Waals surface area (Å²) in [5.74, 6) is -0.772. The summed E-state index contributed by atoms with van der Waals surface area (Å²) in [6.45, 7) is 6.77. The van der Waals surface area contributed by atoms with Crippen molar-refractivity contribution in [1.29, 1.82) is 0 Å². The predicted octanol–water partition coefficient (Wildman–Crippen LogP) is 2.33. The molecule has 1 amide bonds. The number of methoxy groups -OCH3 is 1. The lowest BCUT2D eigenvalue weighted by Gasteiger charge is -2.39. The van der Waals surface area contributed by atoms with Gasteiger partial charge >= 0.3 is 5.97 Å². The zero-order valence-electron chi connectivity index (χ0n) is 20.8. The number of benzene rings is 2. The van der Waals surface area contributed by atoms with Gasteiger partial charge in [-0.1, -0.05) is 6.07 Å². The van der Waals surface area contributed by atoms with Gasteiger partial charge in [0.05, 0.1) is 20.3 Å². The molecule has 192 valence electrons. The number of nitrogens with zero attached hydrogens (tertiary/aromatic N) is 3. The molecule has 2 N–H and O–H groups in total. The number of phenols is 1. The monoisotopic (exact) mass is 496 g/mol. The summed E-state index contributed by atoms with van der Waals surface area (Å²) < 4.78 is 15.9. The summed E-state index contributed by atoms with van der Waals surface area (Å²) in [4.78, 5) is 35.0. The highest BCUT2D eigenvalue weighted by atomic mass is 16.5. The van der Waals surface area contributed by atoms with Crippen LogP contribution in [0.3, 0.4) is 0 Å². The highest BCUT2D eigenvalue weighted by Gasteiger charge is 2.42. The molecule has 0 radical (unpaired) electrons. The number of carbonyl (C=O) groups is 2. The second kappa shape index (κ2) is 11.2. The molecule has 4 rings (SSSR count). The molecular weight excluding hydrogens is 464 g/mol. The van der Waals surface area contributed by atoms with Crippen molar-refractivity contribution in [2.45, 2.75) is 19.9 Å². The summed E-state index contributed by atoms with van der Waals surface area (Å²) in [6, 6.07) is 11.9. The molecule has 0 unspecified atom stereocenters. The number of phenolic OH excluding ortho intramolecular Hbond substituents is 1. The number of nitrogens with one attached hydrogen (secondary N) is 1. The fourth-order valence-electron chi connectivity index (χ4n) is 4.42. The number of ether oxygens (including phenoxy) is 3. The molecule has 0 saturated carbocycles. The predicted molar refractivity (Wildman–Crippen MR) is 134 cm³/mol. The van der Waals surface area contributed by atoms with Crippen LogP contribution in [0.5, 0.6) is 17.2 Å². The van der Waals surface area contributed by atoms with Gasteiger partial charge in [0.2, 0.25) is 11.9 Å². The summed E-state index contributed by atoms with van der Waals surface area (Å²) in [7, 11) is 1.64. The van der Waals surface area contributed by atoms with Gasteiger partial charge in [-0.3, -0.25) is 14.9 Å². The first-order valence-corrected chi connectivity index (χ1v) is 12.1. The number of esters is 1. The maximum absolute atomic E-state index is 13.1. The second-order valence-electron chi connectivity index (χ2n) is 8.45. The first-order chi connectivity index (χ1) is 17.4. The SMILES string of the molecule is CCOC(=O)[C@H]1C(=O)NC(N2CCN(c3ccc(OC)cc3)CC2)=N[C@H]1c1ccc(O)c(OCC)c1. The minimum atomic E-state index is -1.15. The molecule has 0 bridgehead atoms. The van der Waals surface area contributed by atoms with E-state index in [9.17, 15) is 14.7 Å². The first-order valence-electron chi connectivity index (χ1n) is 12.1. The van der Waals surface area contributed by atoms with Crippen LogP contribution in [-0.2, 0) is 14.3 Å². The van der Waals surface area contributed by atoms with E-state index in [-0.39, 0.29) is 18.1 Å². The quantitative estimate of drug-likeness (QED) is 0.444. The zero-order chi connectivity index (χ0) is 25.7. The number of guanidine groups is 1. The Labute approximate surface area is 210 Å². The largest absolute Gasteiger partial charge is 0.504 e. The van der Waals surface area contributed by atoms with E-state index in [0.717, 1.165) is 24.5 Å². The van der Waals surface area contributed by atoms with Crippen LogP contribution in [0.2, 0.25) is 0 Å². The number of amides is 1. The highest BCUT2D eigenvalue weighted by molar-refractivity contribution is 6.08. The van der Waals surface area contributed by atoms with E-state index in [4.69, 9.17) is 19.2 Å². The van der Waals surface area contributed by atoms with E-state index in [0.29, 0.717) is 31.2 Å². The summed E-state index contributed by atoms with van der Waals surface area (Å²) in [6.07, 6.45) is 0. The molecule has 0 spiro atoms. The summed E-state index contributed by atoms with van der Waals surface area (Å²) in [5.41, 5.74) is 1.68. The summed E-state index contributed by atoms with van der Waals surface area (Å²) in [5, 5.41) is 12.9. The van der Waals surface area contributed by atoms with Crippen LogP contribution in [0.15, 0.2) is 47.5 Å². The Balaban J connectivity index is 1.57. The molecule has 2 heterocycles. The van der Waals surface area contributed by atoms with Crippen molar-refractivity contribution in [3.63, 3.8) is 0 Å². The molecule has 10 heteroatoms. The smallest absolute Gasteiger partial charge is 0.321 e. The Morgan fingerprint density at radius 1 is 1.06 bits per heavy atom. The van der Waals surface area contributed by atoms with Crippen molar-refractivity contribution in [2.75, 3.05) is 51.4 Å². The Morgan fingerprint density at radius 2 is 1.75 bits per heavy atom. The van der Waals surface area contributed by atoms with Gasteiger partial charge in [0.25, 0.3) is 0 Å². The molecule has 2 aliphatic heterocycles. The van der Waals surface area contributed by atoms with Gasteiger partial charge in [0, 0.05) is 31.9 Å². The van der Waals surface area contributed by atoms with Crippen molar-refractivity contribution in [3.8, 4) is 17.2 Å². The molecule has 0 aromatic heterocycles. The van der Waals surface area contributed by atoms with E-state index in [1.807, 2.05) is 36.1 Å². The number of aromatic hydroxyl groups is 1. The third kappa shape index (κ3) is 5.32. The number of piperazine rings is 1. The standard InChI is InChI=1S/C26H32N4O6/c1-4-35-21-16-17(6-11-20(21)31)23-22(25(33)36-5-2)24(32)28-26(27-23)30-14-12-29(13-15-30)18-7-9-19(34-3)10-8-18/h6-11,16,22-23,31H,4-5,12-15H2,1-3H3,(H,27,28,32)/t22-,23+/m1/s1. The van der Waals surface area contributed by atoms with E-state index in [1.54, 1.807) is 26.2 Å². The average molecular weight is 497 g/mol. The Bertz CT molecular complexity index is 1110. The molecule has 1 fully saturated rings. The highest BCUT2D eigenvalue weighted by Crippen LogP contribution is 2.36. The minimum Gasteiger partial charge on any atom is -0.504 e. The number of aliphatic imine (C=N–C) groups is 1. The molecule has 0 aliphatic carbocycles. The average Bonchev–Trinajstić information content (AvgIpc) is 2.90. The zero-order valence-corrected chi connectivity index (χ0v) is 20.8. The van der Waals surface area contributed by atoms with E-state index < -0.39 is 23.8 Å². The number of carbonyl (C=O) groups excluding carboxylic acids is 2. The number of rotatable bonds is 7. The number of anilines is 1. The van der Waals surface area contributed by atoms with E-state index in [1.165, 1.54) is 6.07 Å². The number of hydrogen-bond acceptors (Lipinski definition) is 9. The van der Waals surface area contributed by atoms with Crippen LogP contribution >= 0.6 is 0 Å². The third-order valence-corrected chi connectivity index (χ3v) is 6.28. The van der Waals surface area contributed by atoms with Crippen LogP contribution in [0, 0.1) is 5.92 Å². The van der Waals surface area contributed by atoms with Crippen LogP contribution in [0.25, 0.3) is 0 Å². The molecule has 2 aromatic rings. The fourth-order valence-corrected chi connectivity index (χ4v) is 4.42. The lowest BCUT2D eigenvalue weighted by atomic mass is 9.91. The molecule has 10 nitrogen and oxygen atoms in total. The van der Waals surface area contributed by atoms with E-state index >= 15 is 0 Å². The van der Waals surface area contributed by atoms with Gasteiger partial charge in [-0.05, 0) is 55.8 Å². The van der Waals surface area contributed by atoms with Gasteiger partial charge in [-0.15, -0.1) is 0 Å². The fraction of sp³-hybridized carbons (Fsp3) is 0.423. The number of hydrogen-bond donors (Lipinski definition) is 2. The molecule has 2 atom stereocenters. The van der Waals surface area contributed by atoms with Gasteiger partial charge in [0.15, 0.2) is 17.4 Å². The van der Waals surface area contributed by atoms with E-state index in [2.05, 4.69) is 10.2 Å². The lowest BCUT2D eigenvalue weighted by molar-refractivity contribution is -0.153. The molecule has 36 heavy (non-hydrogen) atoms. The van der Waals surface area contributed by atoms with Crippen molar-refractivity contribution in [1.82, 2.24) is 10.2 Å². The maximum atomic E-state index is 13.1. The van der Waals surface area contributed by atoms with Crippen molar-refractivity contribution >= 4 is 23.5 Å². The van der Waals surface area contributed by atoms with Gasteiger partial charge in [-0.25, -0.2) is 4.99 Å². The van der Waals surface area contributed by atoms with Crippen molar-refractivity contribution in [2.24, 2.45) is 10.9 Å². The third-order valence-electron chi connectivity index (χ3n) is 6.28. The van der Waals surface area contributed by atoms with Crippen molar-refractivity contribution < 1.29 is 28.9 Å². The molecular formula is C26H32N4O6. The minimum absolute atomic E-state index is 0.0209. The van der Waals surface area contributed by atoms with Gasteiger partial charge < -0.3 is 29.1 Å². The molecule has 2 aliphatic rings. The molecule has 2 aromatic carbocycles. The van der Waals surface area contributed by atoms with Crippen LogP contribution in [0.4, 0.5) is 5.69 Å². The lowest BCUT2D eigenvalue weighted by Crippen LogP contribution is -2.57. The molecule has 1 saturated heterocycles. The maximum Gasteiger partial charge on any atom is 0.321 e. The Hall–Kier alpha value is -3.95. The second-order valence-corrected chi connectivity index (χ2v) is 8.45. The van der Waals surface area contributed by atoms with Crippen molar-refractivity contribution in [3.05, 3.63) is 48.0 Å². The first kappa shape index (κ1) is 25.2. The topological polar surface area (TPSA) is 113 Å². The van der Waals surface area contributed by atoms with Gasteiger partial charge in [0.1, 0.15) is 11.8 Å². The Morgan fingerprint density at radius 3 is 2.39 bits per heavy atom. The normalized spacial score (nSPS) is 19.9. The van der Waals surface area contributed by atoms with Gasteiger partial charge in [-0.2, -0.15) is 0 Å². The Kier molecular flexibility index (Phi) is 7.82.